The third-order valence-electron chi connectivity index (χ3n) is 17.9. The number of carbonyl (C=O) groups excluding carboxylic acids is 4. The Hall–Kier alpha value is -3.67. The zero-order valence-corrected chi connectivity index (χ0v) is 81.7. The summed E-state index contributed by atoms with van der Waals surface area (Å²) in [6, 6.07) is 0. The fourth-order valence-electron chi connectivity index (χ4n) is 10.9. The van der Waals surface area contributed by atoms with Crippen molar-refractivity contribution in [1.29, 1.82) is 0 Å². The fraction of sp³-hybridized carbons (Fsp3) is 0.677. The van der Waals surface area contributed by atoms with Crippen molar-refractivity contribution in [3.05, 3.63) is 153 Å². The molecule has 0 heterocycles. The Bertz CT molecular complexity index is 3100. The van der Waals surface area contributed by atoms with Gasteiger partial charge >= 0.3 is 0 Å². The van der Waals surface area contributed by atoms with Crippen molar-refractivity contribution in [1.82, 2.24) is 21.3 Å². The molecule has 0 radical (unpaired) electrons. The van der Waals surface area contributed by atoms with Gasteiger partial charge < -0.3 is 75.4 Å². The molecule has 0 spiro atoms. The van der Waals surface area contributed by atoms with Crippen LogP contribution in [0.15, 0.2) is 153 Å². The van der Waals surface area contributed by atoms with Crippen LogP contribution < -0.4 is 35.9 Å². The Morgan fingerprint density at radius 2 is 0.573 bits per heavy atom. The van der Waals surface area contributed by atoms with E-state index in [1.165, 1.54) is 134 Å². The van der Waals surface area contributed by atoms with E-state index in [1.54, 1.807) is 0 Å². The van der Waals surface area contributed by atoms with Gasteiger partial charge in [-0.2, -0.15) is 0 Å². The lowest BCUT2D eigenvalue weighted by atomic mass is 10.0. The van der Waals surface area contributed by atoms with Crippen molar-refractivity contribution in [3.63, 3.8) is 0 Å². The lowest BCUT2D eigenvalue weighted by Gasteiger charge is -2.22. The number of allylic oxidation sites excluding steroid dienone is 26. The molecule has 24 heteroatoms. The smallest absolute Gasteiger partial charge is 0.222 e. The average molecular weight is 1770 g/mol. The molecule has 117 heavy (non-hydrogen) atoms. The molecule has 0 fully saturated rings. The van der Waals surface area contributed by atoms with E-state index in [0.29, 0.717) is 38.5 Å². The highest BCUT2D eigenvalue weighted by Gasteiger charge is 2.08. The van der Waals surface area contributed by atoms with Gasteiger partial charge in [-0.05, 0) is 277 Å². The summed E-state index contributed by atoms with van der Waals surface area (Å²) < 4.78 is 41.2. The van der Waals surface area contributed by atoms with Crippen LogP contribution in [0.3, 0.4) is 0 Å². The molecular formula is C93H166N4O13P4S3-4. The average Bonchev–Trinajstić information content (AvgIpc) is 0.981. The van der Waals surface area contributed by atoms with Crippen LogP contribution >= 0.6 is 27.1 Å². The Balaban J connectivity index is -0.000000485. The number of hydrogen-bond donors (Lipinski definition) is 4. The molecule has 0 saturated heterocycles. The number of nitrogens with one attached hydrogen (secondary N) is 4. The molecule has 0 aromatic carbocycles. The number of carbonyl (C=O) groups is 4. The topological polar surface area (TPSA) is 257 Å². The summed E-state index contributed by atoms with van der Waals surface area (Å²) in [6.07, 6.45) is 77.9. The number of hydrogen-bond acceptors (Lipinski definition) is 16. The summed E-state index contributed by atoms with van der Waals surface area (Å²) in [7, 11) is -3.80. The summed E-state index contributed by atoms with van der Waals surface area (Å²) >= 11 is 13.9. The predicted molar refractivity (Wildman–Crippen MR) is 510 cm³/mol. The molecule has 0 aromatic heterocycles. The second kappa shape index (κ2) is 82.0. The molecular weight excluding hydrogens is 1600 g/mol. The van der Waals surface area contributed by atoms with E-state index in [4.69, 9.17) is 13.6 Å². The van der Waals surface area contributed by atoms with E-state index in [1.807, 2.05) is 6.92 Å². The van der Waals surface area contributed by atoms with E-state index >= 15 is 0 Å². The standard InChI is InChI=1S/C29H50NO4P.C29H50NO3PS.C20H36NO3PS.C14H30NO3PS.CH4/c1-24(2)13-10-16-27(5)19-11-17-25(3)14-8-9-15-26(4)18-12-20-28(6)21-22-29(31)30-23-34-35(7,32)33;1-24(2)13-10-16-27(5)19-11-17-25(3)14-8-9-15-26(4)18-12-20-28(6)21-22-29(31)30-23-33-34(7,32)35;1-3-4-5-6-7-8-9-10-11-12-13-14-15-16-17-18-20(22)21-19-24-25(2,23)26;1-3-4-5-6-7-8-9-10-11-12-14(16)15-13-18-19(2,17)20;/h13-15,19-20H,8-12,16-18,21-23H2,1-7H3,(H,30,31)(H,32,33);13-15,19-20H,8-12,16-18,21-23H2,1-7H3,(H,30,31)(H,32,35);4-5,7-8,10-11H,3,6,9,12-19H2,1-2H3,(H,21,22)(H,23,26);3-13H2,1-2H3,(H,15,16)(H,17,20);1H4/p-4/b2*25-14+,26-15+,27-19+,28-20+;5-4-,8-7-,11-10-;;. The molecule has 0 aliphatic carbocycles. The van der Waals surface area contributed by atoms with E-state index in [2.05, 4.69) is 249 Å². The lowest BCUT2D eigenvalue weighted by Crippen LogP contribution is -2.26. The van der Waals surface area contributed by atoms with E-state index in [9.17, 15) is 43.0 Å². The number of rotatable bonds is 65. The van der Waals surface area contributed by atoms with Crippen LogP contribution in [0, 0.1) is 0 Å². The van der Waals surface area contributed by atoms with Gasteiger partial charge in [-0.1, -0.05) is 268 Å². The zero-order chi connectivity index (χ0) is 88.2. The number of unbranched alkanes of at least 4 members (excludes halogenated alkanes) is 15. The van der Waals surface area contributed by atoms with Crippen LogP contribution in [-0.2, 0) is 82.3 Å². The molecule has 0 rings (SSSR count). The highest BCUT2D eigenvalue weighted by atomic mass is 32.7. The molecule has 0 aliphatic heterocycles. The molecule has 0 aliphatic rings. The first-order chi connectivity index (χ1) is 54.7. The first kappa shape index (κ1) is 122. The largest absolute Gasteiger partial charge is 0.801 e. The molecule has 4 amide bonds. The van der Waals surface area contributed by atoms with Gasteiger partial charge in [0, 0.05) is 32.3 Å². The molecule has 4 atom stereocenters. The Morgan fingerprint density at radius 3 is 0.872 bits per heavy atom. The first-order valence-corrected chi connectivity index (χ1v) is 54.2. The minimum Gasteiger partial charge on any atom is -0.801 e. The van der Waals surface area contributed by atoms with Gasteiger partial charge in [-0.25, -0.2) is 0 Å². The minimum absolute atomic E-state index is 0. The van der Waals surface area contributed by atoms with Gasteiger partial charge in [-0.15, -0.1) is 0 Å². The first-order valence-electron chi connectivity index (χ1n) is 42.9. The number of amides is 4. The van der Waals surface area contributed by atoms with Crippen molar-refractivity contribution < 1.29 is 61.1 Å². The molecule has 17 nitrogen and oxygen atoms in total. The zero-order valence-electron chi connectivity index (χ0n) is 75.7. The van der Waals surface area contributed by atoms with Gasteiger partial charge in [0.2, 0.25) is 23.6 Å². The van der Waals surface area contributed by atoms with E-state index < -0.39 is 27.1 Å². The van der Waals surface area contributed by atoms with Crippen molar-refractivity contribution in [2.24, 2.45) is 0 Å². The highest BCUT2D eigenvalue weighted by molar-refractivity contribution is 8.34. The molecule has 0 aromatic rings. The monoisotopic (exact) mass is 1770 g/mol. The molecule has 0 bridgehead atoms. The molecule has 4 unspecified atom stereocenters. The van der Waals surface area contributed by atoms with Gasteiger partial charge in [0.1, 0.15) is 34.5 Å². The summed E-state index contributed by atoms with van der Waals surface area (Å²) in [5, 5.41) is 10.2. The molecule has 4 N–H and O–H groups in total. The summed E-state index contributed by atoms with van der Waals surface area (Å²) in [4.78, 5) is 79.7. The predicted octanol–water partition coefficient (Wildman–Crippen LogP) is 25.9. The fourth-order valence-corrected chi connectivity index (χ4v) is 12.6. The van der Waals surface area contributed by atoms with Crippen molar-refractivity contribution in [3.8, 4) is 0 Å². The Morgan fingerprint density at radius 1 is 0.316 bits per heavy atom. The maximum Gasteiger partial charge on any atom is 0.222 e. The van der Waals surface area contributed by atoms with Crippen LogP contribution in [0.1, 0.15) is 361 Å². The third kappa shape index (κ3) is 108. The minimum atomic E-state index is -3.80. The maximum atomic E-state index is 11.8. The second-order valence-corrected chi connectivity index (χ2v) is 44.3. The van der Waals surface area contributed by atoms with Crippen molar-refractivity contribution in [2.75, 3.05) is 53.6 Å². The lowest BCUT2D eigenvalue weighted by molar-refractivity contribution is -0.197. The van der Waals surface area contributed by atoms with Gasteiger partial charge in [0.25, 0.3) is 0 Å². The molecule has 0 saturated carbocycles. The normalized spacial score (nSPS) is 14.6. The van der Waals surface area contributed by atoms with Crippen molar-refractivity contribution in [2.45, 2.75) is 361 Å². The Kier molecular flexibility index (Phi) is 85.4. The highest BCUT2D eigenvalue weighted by Crippen LogP contribution is 2.38. The summed E-state index contributed by atoms with van der Waals surface area (Å²) in [5.41, 5.74) is 13.9. The Labute approximate surface area is 731 Å². The second-order valence-electron chi connectivity index (χ2n) is 31.1. The summed E-state index contributed by atoms with van der Waals surface area (Å²) in [5.74, 6) is -0.464. The maximum absolute atomic E-state index is 11.8. The van der Waals surface area contributed by atoms with Gasteiger partial charge in [-0.3, -0.25) is 19.2 Å². The molecule has 678 valence electrons. The van der Waals surface area contributed by atoms with E-state index in [-0.39, 0.29) is 58.0 Å². The quantitative estimate of drug-likeness (QED) is 0.0145. The SMILES string of the molecule is C.CC(C)=CCC/C(C)=C/CC/C(C)=C/CC/C=C(\C)CC/C=C(\C)CCC(=O)NCOP(C)(=O)[O-].CC(C)=CCC/C(C)=C/CC/C(C)=C/CC/C=C(\C)CC/C=C(\C)CCC(=O)NCOP(C)([O-])=S.CC/C=C\C/C=C\C/C=C\CCCCCCCC(=O)NCOP(C)(=O)[S-].CCCCCCCCCCCC(=O)NCOP(C)([O-])=S. The van der Waals surface area contributed by atoms with Crippen LogP contribution in [0.25, 0.3) is 0 Å². The van der Waals surface area contributed by atoms with Crippen molar-refractivity contribution >= 4 is 86.6 Å². The van der Waals surface area contributed by atoms with Crippen LogP contribution in [0.2, 0.25) is 0 Å². The van der Waals surface area contributed by atoms with Gasteiger partial charge in [0.15, 0.2) is 0 Å². The van der Waals surface area contributed by atoms with Crippen LogP contribution in [0.5, 0.6) is 0 Å². The van der Waals surface area contributed by atoms with E-state index in [0.717, 1.165) is 167 Å². The summed E-state index contributed by atoms with van der Waals surface area (Å²) in [6.45, 7) is 26.1. The van der Waals surface area contributed by atoms with Crippen LogP contribution in [0.4, 0.5) is 0 Å². The van der Waals surface area contributed by atoms with Gasteiger partial charge in [0.05, 0.1) is 6.57 Å². The third-order valence-corrected chi connectivity index (χ3v) is 21.3. The van der Waals surface area contributed by atoms with Crippen LogP contribution in [-0.4, -0.2) is 77.2 Å².